The van der Waals surface area contributed by atoms with Gasteiger partial charge in [-0.2, -0.15) is 0 Å². The average molecular weight is 391 g/mol. The number of amides is 1. The second-order valence-corrected chi connectivity index (χ2v) is 7.08. The molecule has 2 rings (SSSR count). The lowest BCUT2D eigenvalue weighted by Gasteiger charge is -2.21. The van der Waals surface area contributed by atoms with Crippen molar-refractivity contribution in [2.24, 2.45) is 0 Å². The molecular formula is C21H27ClN2O3. The molecule has 0 aliphatic carbocycles. The number of likely N-dealkylation sites (N-methyl/N-ethyl adjacent to an activating group) is 1. The van der Waals surface area contributed by atoms with Gasteiger partial charge in [0.1, 0.15) is 0 Å². The highest BCUT2D eigenvalue weighted by Crippen LogP contribution is 2.30. The minimum absolute atomic E-state index is 0.0296. The van der Waals surface area contributed by atoms with E-state index in [2.05, 4.69) is 5.32 Å². The van der Waals surface area contributed by atoms with Crippen molar-refractivity contribution in [2.45, 2.75) is 26.4 Å². The molecule has 2 aromatic rings. The van der Waals surface area contributed by atoms with Crippen LogP contribution in [0.2, 0.25) is 5.02 Å². The van der Waals surface area contributed by atoms with Gasteiger partial charge < -0.3 is 14.8 Å². The molecule has 0 aromatic heterocycles. The Morgan fingerprint density at radius 1 is 1.15 bits per heavy atom. The van der Waals surface area contributed by atoms with Gasteiger partial charge in [-0.3, -0.25) is 9.69 Å². The molecule has 6 heteroatoms. The molecule has 0 aliphatic rings. The molecule has 0 unspecified atom stereocenters. The molecule has 0 fully saturated rings. The van der Waals surface area contributed by atoms with Crippen LogP contribution in [0.25, 0.3) is 0 Å². The fourth-order valence-corrected chi connectivity index (χ4v) is 3.03. The van der Waals surface area contributed by atoms with E-state index in [1.165, 1.54) is 0 Å². The summed E-state index contributed by atoms with van der Waals surface area (Å²) in [4.78, 5) is 14.3. The number of benzene rings is 2. The second kappa shape index (κ2) is 9.62. The van der Waals surface area contributed by atoms with Crippen LogP contribution in [-0.2, 0) is 11.3 Å². The highest BCUT2D eigenvalue weighted by molar-refractivity contribution is 6.30. The summed E-state index contributed by atoms with van der Waals surface area (Å²) in [6.45, 7) is 4.91. The van der Waals surface area contributed by atoms with Crippen molar-refractivity contribution in [2.75, 3.05) is 27.8 Å². The van der Waals surface area contributed by atoms with Crippen LogP contribution >= 0.6 is 11.6 Å². The van der Waals surface area contributed by atoms with Gasteiger partial charge in [0, 0.05) is 11.6 Å². The van der Waals surface area contributed by atoms with Gasteiger partial charge in [0.15, 0.2) is 11.5 Å². The molecule has 146 valence electrons. The number of halogens is 1. The van der Waals surface area contributed by atoms with Crippen molar-refractivity contribution in [3.05, 3.63) is 58.1 Å². The number of carbonyl (C=O) groups is 1. The number of rotatable bonds is 8. The Morgan fingerprint density at radius 3 is 2.33 bits per heavy atom. The summed E-state index contributed by atoms with van der Waals surface area (Å²) in [6.07, 6.45) is 0. The molecule has 1 atom stereocenters. The van der Waals surface area contributed by atoms with E-state index in [1.807, 2.05) is 62.2 Å². The van der Waals surface area contributed by atoms with Gasteiger partial charge in [0.25, 0.3) is 0 Å². The van der Waals surface area contributed by atoms with Crippen LogP contribution in [0.3, 0.4) is 0 Å². The van der Waals surface area contributed by atoms with E-state index in [4.69, 9.17) is 21.1 Å². The van der Waals surface area contributed by atoms with Crippen molar-refractivity contribution in [1.29, 1.82) is 0 Å². The third-order valence-corrected chi connectivity index (χ3v) is 4.70. The molecule has 0 radical (unpaired) electrons. The van der Waals surface area contributed by atoms with Crippen molar-refractivity contribution < 1.29 is 14.3 Å². The van der Waals surface area contributed by atoms with Crippen LogP contribution in [-0.4, -0.2) is 38.6 Å². The Kier molecular flexibility index (Phi) is 7.51. The van der Waals surface area contributed by atoms with Crippen LogP contribution in [0.5, 0.6) is 11.5 Å². The highest BCUT2D eigenvalue weighted by atomic mass is 35.5. The Labute approximate surface area is 166 Å². The van der Waals surface area contributed by atoms with E-state index in [0.29, 0.717) is 29.6 Å². The van der Waals surface area contributed by atoms with Crippen molar-refractivity contribution in [3.8, 4) is 11.5 Å². The minimum atomic E-state index is -0.0778. The molecule has 0 heterocycles. The summed E-state index contributed by atoms with van der Waals surface area (Å²) in [5.74, 6) is 1.36. The third-order valence-electron chi connectivity index (χ3n) is 4.44. The lowest BCUT2D eigenvalue weighted by molar-refractivity contribution is -0.122. The first-order chi connectivity index (χ1) is 12.8. The van der Waals surface area contributed by atoms with Crippen LogP contribution in [0, 0.1) is 6.92 Å². The zero-order valence-corrected chi connectivity index (χ0v) is 17.3. The molecule has 0 saturated carbocycles. The van der Waals surface area contributed by atoms with Crippen LogP contribution in [0.1, 0.15) is 29.7 Å². The first kappa shape index (κ1) is 21.1. The lowest BCUT2D eigenvalue weighted by atomic mass is 10.1. The van der Waals surface area contributed by atoms with E-state index in [0.717, 1.165) is 16.7 Å². The van der Waals surface area contributed by atoms with Crippen molar-refractivity contribution >= 4 is 17.5 Å². The number of nitrogens with one attached hydrogen (secondary N) is 1. The van der Waals surface area contributed by atoms with Gasteiger partial charge in [-0.25, -0.2) is 0 Å². The maximum atomic E-state index is 12.4. The van der Waals surface area contributed by atoms with Crippen LogP contribution in [0.15, 0.2) is 36.4 Å². The van der Waals surface area contributed by atoms with Gasteiger partial charge in [-0.1, -0.05) is 23.7 Å². The molecular weight excluding hydrogens is 364 g/mol. The topological polar surface area (TPSA) is 50.8 Å². The van der Waals surface area contributed by atoms with Gasteiger partial charge in [-0.05, 0) is 61.9 Å². The van der Waals surface area contributed by atoms with E-state index in [-0.39, 0.29) is 11.9 Å². The molecule has 5 nitrogen and oxygen atoms in total. The van der Waals surface area contributed by atoms with Crippen molar-refractivity contribution in [3.63, 3.8) is 0 Å². The highest BCUT2D eigenvalue weighted by Gasteiger charge is 2.14. The molecule has 0 spiro atoms. The molecule has 27 heavy (non-hydrogen) atoms. The Balaban J connectivity index is 1.95. The van der Waals surface area contributed by atoms with Gasteiger partial charge in [0.2, 0.25) is 5.91 Å². The van der Waals surface area contributed by atoms with E-state index in [9.17, 15) is 4.79 Å². The molecule has 0 bridgehead atoms. The first-order valence-corrected chi connectivity index (χ1v) is 9.16. The number of nitrogens with zero attached hydrogens (tertiary/aromatic N) is 1. The Bertz CT molecular complexity index is 778. The minimum Gasteiger partial charge on any atom is -0.493 e. The second-order valence-electron chi connectivity index (χ2n) is 6.65. The lowest BCUT2D eigenvalue weighted by Crippen LogP contribution is -2.36. The number of hydrogen-bond acceptors (Lipinski definition) is 4. The number of ether oxygens (including phenoxy) is 2. The van der Waals surface area contributed by atoms with Crippen LogP contribution in [0.4, 0.5) is 0 Å². The zero-order chi connectivity index (χ0) is 20.0. The Hall–Kier alpha value is -2.24. The van der Waals surface area contributed by atoms with E-state index >= 15 is 0 Å². The summed E-state index contributed by atoms with van der Waals surface area (Å²) < 4.78 is 10.7. The number of aryl methyl sites for hydroxylation is 1. The van der Waals surface area contributed by atoms with E-state index < -0.39 is 0 Å². The molecule has 1 amide bonds. The van der Waals surface area contributed by atoms with Gasteiger partial charge in [0.05, 0.1) is 26.8 Å². The Morgan fingerprint density at radius 2 is 1.74 bits per heavy atom. The van der Waals surface area contributed by atoms with Gasteiger partial charge >= 0.3 is 0 Å². The zero-order valence-electron chi connectivity index (χ0n) is 16.5. The number of carbonyl (C=O) groups excluding carboxylic acids is 1. The quantitative estimate of drug-likeness (QED) is 0.740. The number of hydrogen-bond donors (Lipinski definition) is 1. The monoisotopic (exact) mass is 390 g/mol. The number of methoxy groups -OCH3 is 2. The predicted molar refractivity (Wildman–Crippen MR) is 109 cm³/mol. The maximum Gasteiger partial charge on any atom is 0.234 e. The van der Waals surface area contributed by atoms with Crippen molar-refractivity contribution in [1.82, 2.24) is 10.2 Å². The summed E-state index contributed by atoms with van der Waals surface area (Å²) in [5, 5.41) is 3.70. The normalized spacial score (nSPS) is 12.0. The SMILES string of the molecule is COc1cc(C)c(CN(C)CC(=O)N[C@H](C)c2ccc(Cl)cc2)cc1OC. The summed E-state index contributed by atoms with van der Waals surface area (Å²) in [5.41, 5.74) is 3.20. The smallest absolute Gasteiger partial charge is 0.234 e. The largest absolute Gasteiger partial charge is 0.493 e. The van der Waals surface area contributed by atoms with Crippen LogP contribution < -0.4 is 14.8 Å². The maximum absolute atomic E-state index is 12.4. The fraction of sp³-hybridized carbons (Fsp3) is 0.381. The standard InChI is InChI=1S/C21H27ClN2O3/c1-14-10-19(26-4)20(27-5)11-17(14)12-24(3)13-21(25)23-15(2)16-6-8-18(22)9-7-16/h6-11,15H,12-13H2,1-5H3,(H,23,25)/t15-/m1/s1. The predicted octanol–water partition coefficient (Wildman–Crippen LogP) is 3.97. The third kappa shape index (κ3) is 5.88. The first-order valence-electron chi connectivity index (χ1n) is 8.79. The van der Waals surface area contributed by atoms with E-state index in [1.54, 1.807) is 14.2 Å². The summed E-state index contributed by atoms with van der Waals surface area (Å²) >= 11 is 5.91. The molecule has 0 saturated heterocycles. The fourth-order valence-electron chi connectivity index (χ4n) is 2.91. The molecule has 2 aromatic carbocycles. The summed E-state index contributed by atoms with van der Waals surface area (Å²) in [6, 6.07) is 11.3. The van der Waals surface area contributed by atoms with Gasteiger partial charge in [-0.15, -0.1) is 0 Å². The average Bonchev–Trinajstić information content (AvgIpc) is 2.63. The summed E-state index contributed by atoms with van der Waals surface area (Å²) in [7, 11) is 5.16. The molecule has 0 aliphatic heterocycles. The molecule has 1 N–H and O–H groups in total.